The van der Waals surface area contributed by atoms with E-state index in [1.807, 2.05) is 19.9 Å². The number of hydrogen-bond acceptors (Lipinski definition) is 9. The van der Waals surface area contributed by atoms with E-state index in [2.05, 4.69) is 21.5 Å². The molecular weight excluding hydrogens is 531 g/mol. The Balaban J connectivity index is 0.00000216. The Kier molecular flexibility index (Phi) is 9.42. The number of nitriles is 1. The van der Waals surface area contributed by atoms with E-state index in [1.165, 1.54) is 12.1 Å². The standard InChI is InChI=1S/C25H24F3N5O5.C2H6/c1-13(5-7-24(26,27)28)21-18-9-17(11-29)14(2)30-23(18)32-22(31-21)15-6-8-38-19(10-15)16-3-4-20(34)33(12-16)25(35,36)37;1-2/h3-4,9,12,15,19,35-37H,1,5-8,10H2,2H3;1-2H3. The highest BCUT2D eigenvalue weighted by Gasteiger charge is 2.31. The maximum absolute atomic E-state index is 12.9. The number of pyridine rings is 2. The third-order valence-corrected chi connectivity index (χ3v) is 6.34. The number of fused-ring (bicyclic) bond motifs is 1. The zero-order chi connectivity index (χ0) is 29.8. The van der Waals surface area contributed by atoms with Crippen LogP contribution >= 0.6 is 0 Å². The monoisotopic (exact) mass is 561 g/mol. The molecule has 0 spiro atoms. The van der Waals surface area contributed by atoms with E-state index in [-0.39, 0.29) is 41.4 Å². The summed E-state index contributed by atoms with van der Waals surface area (Å²) in [6.07, 6.45) is -8.11. The number of nitrogens with zero attached hydrogens (tertiary/aromatic N) is 5. The normalized spacial score (nSPS) is 17.6. The summed E-state index contributed by atoms with van der Waals surface area (Å²) in [7, 11) is 0. The number of aliphatic hydroxyl groups is 3. The van der Waals surface area contributed by atoms with Crippen molar-refractivity contribution in [3.63, 3.8) is 0 Å². The van der Waals surface area contributed by atoms with Crippen molar-refractivity contribution < 1.29 is 33.2 Å². The molecule has 40 heavy (non-hydrogen) atoms. The van der Waals surface area contributed by atoms with Crippen LogP contribution in [0.4, 0.5) is 13.2 Å². The van der Waals surface area contributed by atoms with Gasteiger partial charge in [0.15, 0.2) is 5.65 Å². The summed E-state index contributed by atoms with van der Waals surface area (Å²) in [6.45, 7) is 9.68. The van der Waals surface area contributed by atoms with E-state index in [1.54, 1.807) is 6.92 Å². The van der Waals surface area contributed by atoms with Crippen molar-refractivity contribution in [1.29, 1.82) is 5.26 Å². The van der Waals surface area contributed by atoms with Crippen molar-refractivity contribution >= 4 is 16.6 Å². The van der Waals surface area contributed by atoms with Crippen LogP contribution in [0, 0.1) is 18.3 Å². The Morgan fingerprint density at radius 1 is 1.23 bits per heavy atom. The first kappa shape index (κ1) is 30.8. The van der Waals surface area contributed by atoms with Gasteiger partial charge in [-0.15, -0.1) is 0 Å². The molecule has 4 rings (SSSR count). The molecule has 1 aliphatic heterocycles. The van der Waals surface area contributed by atoms with Crippen molar-refractivity contribution in [2.24, 2.45) is 0 Å². The number of ether oxygens (including phenoxy) is 1. The van der Waals surface area contributed by atoms with Crippen molar-refractivity contribution in [2.45, 2.75) is 70.7 Å². The molecule has 3 N–H and O–H groups in total. The minimum atomic E-state index is -4.39. The fourth-order valence-electron chi connectivity index (χ4n) is 4.33. The molecular formula is C27H30F3N5O5. The van der Waals surface area contributed by atoms with Crippen molar-refractivity contribution in [1.82, 2.24) is 19.5 Å². The summed E-state index contributed by atoms with van der Waals surface area (Å²) < 4.78 is 44.9. The number of hydrogen-bond donors (Lipinski definition) is 3. The first-order valence-corrected chi connectivity index (χ1v) is 12.6. The van der Waals surface area contributed by atoms with Gasteiger partial charge >= 0.3 is 12.3 Å². The molecule has 214 valence electrons. The van der Waals surface area contributed by atoms with Crippen LogP contribution in [0.25, 0.3) is 16.6 Å². The van der Waals surface area contributed by atoms with Gasteiger partial charge in [0.1, 0.15) is 11.9 Å². The minimum Gasteiger partial charge on any atom is -0.373 e. The van der Waals surface area contributed by atoms with E-state index >= 15 is 0 Å². The van der Waals surface area contributed by atoms with Gasteiger partial charge in [0.05, 0.1) is 23.1 Å². The highest BCUT2D eigenvalue weighted by molar-refractivity contribution is 5.88. The molecule has 10 nitrogen and oxygen atoms in total. The third-order valence-electron chi connectivity index (χ3n) is 6.34. The molecule has 0 amide bonds. The van der Waals surface area contributed by atoms with Gasteiger partial charge in [0, 0.05) is 36.6 Å². The van der Waals surface area contributed by atoms with Crippen LogP contribution in [0.2, 0.25) is 0 Å². The number of halogens is 3. The van der Waals surface area contributed by atoms with Crippen molar-refractivity contribution in [3.8, 4) is 6.07 Å². The summed E-state index contributed by atoms with van der Waals surface area (Å²) in [6, 6.07) is 5.98. The molecule has 0 aliphatic carbocycles. The minimum absolute atomic E-state index is 0.131. The van der Waals surface area contributed by atoms with E-state index in [0.29, 0.717) is 33.5 Å². The van der Waals surface area contributed by atoms with E-state index in [4.69, 9.17) is 4.74 Å². The van der Waals surface area contributed by atoms with Gasteiger partial charge in [-0.25, -0.2) is 19.5 Å². The lowest BCUT2D eigenvalue weighted by atomic mass is 9.91. The Morgan fingerprint density at radius 2 is 1.93 bits per heavy atom. The fourth-order valence-corrected chi connectivity index (χ4v) is 4.33. The largest absolute Gasteiger partial charge is 0.389 e. The second-order valence-electron chi connectivity index (χ2n) is 9.10. The maximum Gasteiger partial charge on any atom is 0.389 e. The lowest BCUT2D eigenvalue weighted by molar-refractivity contribution is -0.377. The molecule has 0 bridgehead atoms. The van der Waals surface area contributed by atoms with Crippen LogP contribution in [0.1, 0.15) is 79.9 Å². The molecule has 2 atom stereocenters. The van der Waals surface area contributed by atoms with Crippen molar-refractivity contribution in [2.75, 3.05) is 6.61 Å². The summed E-state index contributed by atoms with van der Waals surface area (Å²) in [5, 5.41) is 38.1. The molecule has 3 aromatic rings. The Labute approximate surface area is 228 Å². The summed E-state index contributed by atoms with van der Waals surface area (Å²) in [5.41, 5.74) is 0.700. The third kappa shape index (κ3) is 7.08. The van der Waals surface area contributed by atoms with Crippen molar-refractivity contribution in [3.05, 3.63) is 69.7 Å². The Bertz CT molecular complexity index is 1490. The summed E-state index contributed by atoms with van der Waals surface area (Å²) in [4.78, 5) is 25.4. The van der Waals surface area contributed by atoms with E-state index in [0.717, 1.165) is 12.3 Å². The molecule has 4 heterocycles. The van der Waals surface area contributed by atoms with Gasteiger partial charge in [-0.3, -0.25) is 4.79 Å². The van der Waals surface area contributed by atoms with Gasteiger partial charge in [0.2, 0.25) is 0 Å². The zero-order valence-electron chi connectivity index (χ0n) is 22.2. The number of allylic oxidation sites excluding steroid dienone is 1. The Morgan fingerprint density at radius 3 is 2.55 bits per heavy atom. The molecule has 0 aromatic carbocycles. The average Bonchev–Trinajstić information content (AvgIpc) is 2.91. The highest BCUT2D eigenvalue weighted by Crippen LogP contribution is 2.38. The summed E-state index contributed by atoms with van der Waals surface area (Å²) in [5.74, 6) is -0.0349. The molecule has 0 radical (unpaired) electrons. The van der Waals surface area contributed by atoms with Crippen LogP contribution in [0.5, 0.6) is 0 Å². The van der Waals surface area contributed by atoms with Crippen LogP contribution < -0.4 is 5.56 Å². The quantitative estimate of drug-likeness (QED) is 0.380. The second kappa shape index (κ2) is 12.2. The molecule has 2 unspecified atom stereocenters. The predicted octanol–water partition coefficient (Wildman–Crippen LogP) is 3.93. The lowest BCUT2D eigenvalue weighted by Gasteiger charge is -2.30. The number of rotatable bonds is 6. The summed E-state index contributed by atoms with van der Waals surface area (Å²) >= 11 is 0. The zero-order valence-corrected chi connectivity index (χ0v) is 22.2. The smallest absolute Gasteiger partial charge is 0.373 e. The predicted molar refractivity (Wildman–Crippen MR) is 138 cm³/mol. The number of alkyl halides is 3. The van der Waals surface area contributed by atoms with Gasteiger partial charge in [-0.1, -0.05) is 20.4 Å². The topological polar surface area (TPSA) is 154 Å². The average molecular weight is 562 g/mol. The molecule has 3 aromatic heterocycles. The fraction of sp³-hybridized carbons (Fsp3) is 0.444. The van der Waals surface area contributed by atoms with Crippen LogP contribution in [-0.2, 0) is 10.8 Å². The molecule has 13 heteroatoms. The van der Waals surface area contributed by atoms with Crippen LogP contribution in [-0.4, -0.2) is 47.6 Å². The van der Waals surface area contributed by atoms with Crippen LogP contribution in [0.15, 0.2) is 35.8 Å². The number of aromatic nitrogens is 4. The first-order chi connectivity index (χ1) is 18.8. The second-order valence-corrected chi connectivity index (χ2v) is 9.10. The molecule has 0 saturated carbocycles. The van der Waals surface area contributed by atoms with Gasteiger partial charge < -0.3 is 20.1 Å². The maximum atomic E-state index is 12.9. The van der Waals surface area contributed by atoms with Crippen LogP contribution in [0.3, 0.4) is 0 Å². The van der Waals surface area contributed by atoms with E-state index < -0.39 is 36.8 Å². The van der Waals surface area contributed by atoms with E-state index in [9.17, 15) is 38.5 Å². The van der Waals surface area contributed by atoms with Gasteiger partial charge in [-0.05, 0) is 49.5 Å². The molecule has 1 saturated heterocycles. The number of aryl methyl sites for hydroxylation is 1. The SMILES string of the molecule is C=C(CCC(F)(F)F)c1nc(C2CCOC(c3ccc(=O)n(C(O)(O)O)c3)C2)nc2nc(C)c(C#N)cc12.CC. The highest BCUT2D eigenvalue weighted by atomic mass is 19.4. The molecule has 1 aliphatic rings. The van der Waals surface area contributed by atoms with Gasteiger partial charge in [-0.2, -0.15) is 18.4 Å². The van der Waals surface area contributed by atoms with Gasteiger partial charge in [0.25, 0.3) is 5.56 Å². The lowest BCUT2D eigenvalue weighted by Crippen LogP contribution is -2.40. The Hall–Kier alpha value is -3.70. The first-order valence-electron chi connectivity index (χ1n) is 12.6. The molecule has 1 fully saturated rings.